The van der Waals surface area contributed by atoms with E-state index in [0.29, 0.717) is 0 Å². The third kappa shape index (κ3) is 8.38. The van der Waals surface area contributed by atoms with Gasteiger partial charge in [0, 0.05) is 11.6 Å². The summed E-state index contributed by atoms with van der Waals surface area (Å²) in [5.74, 6) is -1.16. The maximum atomic E-state index is 11.5. The molecule has 15 heavy (non-hydrogen) atoms. The molecular formula is C9H20N2O3S. The van der Waals surface area contributed by atoms with Crippen molar-refractivity contribution in [3.8, 4) is 0 Å². The quantitative estimate of drug-likeness (QED) is 0.683. The van der Waals surface area contributed by atoms with Gasteiger partial charge in [0.1, 0.15) is 5.75 Å². The molecule has 0 radical (unpaired) electrons. The van der Waals surface area contributed by atoms with Crippen LogP contribution in [0.2, 0.25) is 0 Å². The highest BCUT2D eigenvalue weighted by Gasteiger charge is 2.24. The third-order valence-corrected chi connectivity index (χ3v) is 3.28. The van der Waals surface area contributed by atoms with E-state index in [0.717, 1.165) is 0 Å². The molecule has 6 heteroatoms. The van der Waals surface area contributed by atoms with Gasteiger partial charge < -0.3 is 11.1 Å². The SMILES string of the molecule is CC(C)NC(=O)CS(=O)(=O)CC(C)(C)N. The van der Waals surface area contributed by atoms with E-state index in [1.165, 1.54) is 0 Å². The van der Waals surface area contributed by atoms with Gasteiger partial charge in [-0.15, -0.1) is 0 Å². The zero-order valence-electron chi connectivity index (χ0n) is 9.70. The Morgan fingerprint density at radius 2 is 1.87 bits per heavy atom. The molecule has 0 fully saturated rings. The van der Waals surface area contributed by atoms with E-state index in [2.05, 4.69) is 5.32 Å². The summed E-state index contributed by atoms with van der Waals surface area (Å²) in [5, 5.41) is 2.53. The monoisotopic (exact) mass is 236 g/mol. The number of sulfone groups is 1. The lowest BCUT2D eigenvalue weighted by Crippen LogP contribution is -2.43. The topological polar surface area (TPSA) is 89.3 Å². The van der Waals surface area contributed by atoms with Crippen molar-refractivity contribution in [2.24, 2.45) is 5.73 Å². The molecule has 0 atom stereocenters. The Balaban J connectivity index is 4.34. The molecule has 0 unspecified atom stereocenters. The van der Waals surface area contributed by atoms with Gasteiger partial charge in [-0.05, 0) is 27.7 Å². The minimum atomic E-state index is -3.42. The summed E-state index contributed by atoms with van der Waals surface area (Å²) in [5.41, 5.74) is 4.78. The van der Waals surface area contributed by atoms with Crippen LogP contribution in [0.3, 0.4) is 0 Å². The van der Waals surface area contributed by atoms with E-state index in [1.54, 1.807) is 27.7 Å². The number of amides is 1. The van der Waals surface area contributed by atoms with Gasteiger partial charge in [0.15, 0.2) is 9.84 Å². The minimum absolute atomic E-state index is 0.0569. The lowest BCUT2D eigenvalue weighted by molar-refractivity contribution is -0.119. The van der Waals surface area contributed by atoms with Gasteiger partial charge in [-0.25, -0.2) is 8.42 Å². The second kappa shape index (κ2) is 4.94. The molecule has 3 N–H and O–H groups in total. The zero-order valence-corrected chi connectivity index (χ0v) is 10.5. The summed E-state index contributed by atoms with van der Waals surface area (Å²) in [7, 11) is -3.42. The van der Waals surface area contributed by atoms with Crippen molar-refractivity contribution in [2.45, 2.75) is 39.3 Å². The van der Waals surface area contributed by atoms with Crippen LogP contribution in [0.4, 0.5) is 0 Å². The predicted molar refractivity (Wildman–Crippen MR) is 60.2 cm³/mol. The Morgan fingerprint density at radius 3 is 2.20 bits per heavy atom. The largest absolute Gasteiger partial charge is 0.353 e. The second-order valence-electron chi connectivity index (χ2n) is 4.74. The van der Waals surface area contributed by atoms with Crippen molar-refractivity contribution in [1.82, 2.24) is 5.32 Å². The van der Waals surface area contributed by atoms with Gasteiger partial charge in [-0.1, -0.05) is 0 Å². The summed E-state index contributed by atoms with van der Waals surface area (Å²) in [6.07, 6.45) is 0. The lowest BCUT2D eigenvalue weighted by Gasteiger charge is -2.18. The summed E-state index contributed by atoms with van der Waals surface area (Å²) in [4.78, 5) is 11.2. The van der Waals surface area contributed by atoms with E-state index in [1.807, 2.05) is 0 Å². The van der Waals surface area contributed by atoms with Gasteiger partial charge >= 0.3 is 0 Å². The van der Waals surface area contributed by atoms with E-state index < -0.39 is 27.0 Å². The number of nitrogens with one attached hydrogen (secondary N) is 1. The molecule has 5 nitrogen and oxygen atoms in total. The van der Waals surface area contributed by atoms with Gasteiger partial charge in [0.05, 0.1) is 5.75 Å². The van der Waals surface area contributed by atoms with Crippen LogP contribution in [0.1, 0.15) is 27.7 Å². The first-order chi connectivity index (χ1) is 6.52. The Hall–Kier alpha value is -0.620. The maximum Gasteiger partial charge on any atom is 0.235 e. The minimum Gasteiger partial charge on any atom is -0.353 e. The molecule has 0 saturated carbocycles. The zero-order chi connectivity index (χ0) is 12.3. The van der Waals surface area contributed by atoms with Crippen molar-refractivity contribution >= 4 is 15.7 Å². The molecule has 1 amide bonds. The van der Waals surface area contributed by atoms with Crippen molar-refractivity contribution in [3.05, 3.63) is 0 Å². The Bertz CT molecular complexity index is 315. The molecule has 0 heterocycles. The van der Waals surface area contributed by atoms with Gasteiger partial charge in [-0.3, -0.25) is 4.79 Å². The average Bonchev–Trinajstić information content (AvgIpc) is 1.73. The van der Waals surface area contributed by atoms with Crippen molar-refractivity contribution in [1.29, 1.82) is 0 Å². The number of nitrogens with two attached hydrogens (primary N) is 1. The summed E-state index contributed by atoms with van der Waals surface area (Å²) < 4.78 is 23.0. The highest BCUT2D eigenvalue weighted by molar-refractivity contribution is 7.92. The number of rotatable bonds is 5. The molecule has 0 bridgehead atoms. The second-order valence-corrected chi connectivity index (χ2v) is 6.81. The molecule has 0 saturated heterocycles. The fourth-order valence-electron chi connectivity index (χ4n) is 1.18. The van der Waals surface area contributed by atoms with Gasteiger partial charge in [0.25, 0.3) is 0 Å². The number of hydrogen-bond donors (Lipinski definition) is 2. The van der Waals surface area contributed by atoms with E-state index in [9.17, 15) is 13.2 Å². The maximum absolute atomic E-state index is 11.5. The van der Waals surface area contributed by atoms with Gasteiger partial charge in [0.2, 0.25) is 5.91 Å². The molecule has 0 aromatic heterocycles. The van der Waals surface area contributed by atoms with Crippen LogP contribution in [0, 0.1) is 0 Å². The van der Waals surface area contributed by atoms with Crippen LogP contribution in [0.25, 0.3) is 0 Å². The van der Waals surface area contributed by atoms with Gasteiger partial charge in [-0.2, -0.15) is 0 Å². The molecule has 0 aromatic rings. The van der Waals surface area contributed by atoms with Crippen molar-refractivity contribution in [2.75, 3.05) is 11.5 Å². The first kappa shape index (κ1) is 14.4. The third-order valence-electron chi connectivity index (χ3n) is 1.39. The van der Waals surface area contributed by atoms with Crippen LogP contribution >= 0.6 is 0 Å². The number of carbonyl (C=O) groups is 1. The van der Waals surface area contributed by atoms with E-state index in [4.69, 9.17) is 5.73 Å². The molecule has 0 spiro atoms. The highest BCUT2D eigenvalue weighted by Crippen LogP contribution is 2.03. The van der Waals surface area contributed by atoms with Crippen LogP contribution in [-0.2, 0) is 14.6 Å². The van der Waals surface area contributed by atoms with Crippen LogP contribution in [0.15, 0.2) is 0 Å². The summed E-state index contributed by atoms with van der Waals surface area (Å²) >= 11 is 0. The molecule has 90 valence electrons. The summed E-state index contributed by atoms with van der Waals surface area (Å²) in [6.45, 7) is 6.78. The predicted octanol–water partition coefficient (Wildman–Crippen LogP) is -0.337. The molecule has 0 aromatic carbocycles. The molecule has 0 rings (SSSR count). The van der Waals surface area contributed by atoms with E-state index in [-0.39, 0.29) is 11.8 Å². The fraction of sp³-hybridized carbons (Fsp3) is 0.889. The highest BCUT2D eigenvalue weighted by atomic mass is 32.2. The van der Waals surface area contributed by atoms with Crippen LogP contribution in [0.5, 0.6) is 0 Å². The van der Waals surface area contributed by atoms with Crippen molar-refractivity contribution in [3.63, 3.8) is 0 Å². The molecule has 0 aliphatic rings. The normalized spacial score (nSPS) is 12.9. The summed E-state index contributed by atoms with van der Waals surface area (Å²) in [6, 6.07) is -0.0569. The molecule has 0 aliphatic carbocycles. The van der Waals surface area contributed by atoms with Crippen LogP contribution in [-0.4, -0.2) is 37.4 Å². The van der Waals surface area contributed by atoms with Crippen molar-refractivity contribution < 1.29 is 13.2 Å². The standard InChI is InChI=1S/C9H20N2O3S/c1-7(2)11-8(12)5-15(13,14)6-9(3,4)10/h7H,5-6,10H2,1-4H3,(H,11,12). The lowest BCUT2D eigenvalue weighted by atomic mass is 10.1. The Labute approximate surface area is 91.3 Å². The number of carbonyl (C=O) groups excluding carboxylic acids is 1. The fourth-order valence-corrected chi connectivity index (χ4v) is 2.90. The Morgan fingerprint density at radius 1 is 1.40 bits per heavy atom. The Kier molecular flexibility index (Phi) is 4.73. The van der Waals surface area contributed by atoms with E-state index >= 15 is 0 Å². The average molecular weight is 236 g/mol. The van der Waals surface area contributed by atoms with Crippen LogP contribution < -0.4 is 11.1 Å². The smallest absolute Gasteiger partial charge is 0.235 e. The first-order valence-electron chi connectivity index (χ1n) is 4.80. The first-order valence-corrected chi connectivity index (χ1v) is 6.63. The number of hydrogen-bond acceptors (Lipinski definition) is 4. The molecular weight excluding hydrogens is 216 g/mol. The molecule has 0 aliphatic heterocycles.